The number of aromatic amines is 1. The maximum absolute atomic E-state index is 12.2. The van der Waals surface area contributed by atoms with Crippen LogP contribution in [-0.2, 0) is 4.79 Å². The summed E-state index contributed by atoms with van der Waals surface area (Å²) in [5.74, 6) is 2.27. The van der Waals surface area contributed by atoms with Gasteiger partial charge in [0.05, 0.1) is 10.2 Å². The van der Waals surface area contributed by atoms with Gasteiger partial charge in [0.15, 0.2) is 11.5 Å². The molecule has 3 aromatic heterocycles. The lowest BCUT2D eigenvalue weighted by molar-refractivity contribution is -0.131. The van der Waals surface area contributed by atoms with Gasteiger partial charge in [0.1, 0.15) is 21.9 Å². The number of aromatic nitrogens is 4. The molecule has 1 aliphatic rings. The van der Waals surface area contributed by atoms with Crippen molar-refractivity contribution in [3.05, 3.63) is 60.8 Å². The summed E-state index contributed by atoms with van der Waals surface area (Å²) in [5.41, 5.74) is 2.72. The van der Waals surface area contributed by atoms with E-state index in [0.29, 0.717) is 30.2 Å². The normalized spacial score (nSPS) is 15.9. The van der Waals surface area contributed by atoms with Crippen molar-refractivity contribution >= 4 is 44.3 Å². The Morgan fingerprint density at radius 2 is 2.06 bits per heavy atom. The molecule has 9 heteroatoms. The van der Waals surface area contributed by atoms with E-state index in [1.165, 1.54) is 4.70 Å². The number of nitrogens with zero attached hydrogens (tertiary/aromatic N) is 4. The number of benzene rings is 2. The first kappa shape index (κ1) is 22.5. The smallest absolute Gasteiger partial charge is 0.222 e. The van der Waals surface area contributed by atoms with Gasteiger partial charge >= 0.3 is 0 Å². The van der Waals surface area contributed by atoms with Crippen LogP contribution in [0, 0.1) is 0 Å². The summed E-state index contributed by atoms with van der Waals surface area (Å²) in [5, 5.41) is 12.8. The van der Waals surface area contributed by atoms with E-state index in [4.69, 9.17) is 9.72 Å². The summed E-state index contributed by atoms with van der Waals surface area (Å²) >= 11 is 1.68. The second kappa shape index (κ2) is 9.58. The minimum Gasteiger partial charge on any atom is -0.456 e. The van der Waals surface area contributed by atoms with Gasteiger partial charge in [-0.15, -0.1) is 11.3 Å². The Morgan fingerprint density at radius 3 is 2.89 bits per heavy atom. The van der Waals surface area contributed by atoms with E-state index in [9.17, 15) is 4.79 Å². The Bertz CT molecular complexity index is 1490. The van der Waals surface area contributed by atoms with Crippen LogP contribution in [0.25, 0.3) is 31.8 Å². The Labute approximate surface area is 212 Å². The van der Waals surface area contributed by atoms with Crippen LogP contribution in [0.15, 0.2) is 60.8 Å². The summed E-state index contributed by atoms with van der Waals surface area (Å²) in [7, 11) is 0. The highest BCUT2D eigenvalue weighted by atomic mass is 32.1. The second-order valence-corrected chi connectivity index (χ2v) is 9.93. The van der Waals surface area contributed by atoms with Crippen LogP contribution in [0.1, 0.15) is 26.2 Å². The molecule has 4 heterocycles. The molecule has 0 bridgehead atoms. The monoisotopic (exact) mass is 498 g/mol. The van der Waals surface area contributed by atoms with Crippen molar-refractivity contribution in [2.24, 2.45) is 0 Å². The van der Waals surface area contributed by atoms with Gasteiger partial charge in [-0.3, -0.25) is 9.89 Å². The molecule has 2 aromatic carbocycles. The lowest BCUT2D eigenvalue weighted by atomic mass is 10.1. The second-order valence-electron chi connectivity index (χ2n) is 8.89. The standard InChI is InChI=1S/C27H26N6O2S/c1-2-23(34)33-15-5-6-18(16-33)29-26-24-21(13-14-28-25(24)31-32-26)35-19-11-9-17(10-12-19)27-30-20-7-3-4-8-22(20)36-27/h3-4,7-14,18H,2,5-6,15-16H2,1H3,(H2,28,29,31,32)/t18-/m1/s1. The first-order valence-corrected chi connectivity index (χ1v) is 13.0. The van der Waals surface area contributed by atoms with Gasteiger partial charge in [0.2, 0.25) is 5.91 Å². The molecule has 0 unspecified atom stereocenters. The number of anilines is 1. The van der Waals surface area contributed by atoms with Gasteiger partial charge in [-0.25, -0.2) is 9.97 Å². The molecule has 6 rings (SSSR count). The van der Waals surface area contributed by atoms with Gasteiger partial charge in [0, 0.05) is 43.4 Å². The van der Waals surface area contributed by atoms with Gasteiger partial charge < -0.3 is 15.0 Å². The van der Waals surface area contributed by atoms with Crippen LogP contribution in [0.3, 0.4) is 0 Å². The fourth-order valence-corrected chi connectivity index (χ4v) is 5.61. The first-order valence-electron chi connectivity index (χ1n) is 12.2. The van der Waals surface area contributed by atoms with Crippen LogP contribution in [0.2, 0.25) is 0 Å². The number of ether oxygens (including phenoxy) is 1. The highest BCUT2D eigenvalue weighted by Crippen LogP contribution is 2.35. The zero-order chi connectivity index (χ0) is 24.5. The average molecular weight is 499 g/mol. The number of H-pyrrole nitrogens is 1. The molecule has 5 aromatic rings. The van der Waals surface area contributed by atoms with Gasteiger partial charge in [-0.1, -0.05) is 19.1 Å². The lowest BCUT2D eigenvalue weighted by Crippen LogP contribution is -2.44. The van der Waals surface area contributed by atoms with Crippen LogP contribution in [0.4, 0.5) is 5.82 Å². The molecular weight excluding hydrogens is 472 g/mol. The van der Waals surface area contributed by atoms with E-state index < -0.39 is 0 Å². The number of carbonyl (C=O) groups excluding carboxylic acids is 1. The van der Waals surface area contributed by atoms with Gasteiger partial charge in [-0.05, 0) is 49.2 Å². The third kappa shape index (κ3) is 4.37. The number of amides is 1. The number of likely N-dealkylation sites (tertiary alicyclic amines) is 1. The molecule has 1 amide bonds. The van der Waals surface area contributed by atoms with Crippen LogP contribution >= 0.6 is 11.3 Å². The van der Waals surface area contributed by atoms with Gasteiger partial charge in [0.25, 0.3) is 0 Å². The van der Waals surface area contributed by atoms with Crippen molar-refractivity contribution in [2.75, 3.05) is 18.4 Å². The number of piperidine rings is 1. The Hall–Kier alpha value is -3.98. The van der Waals surface area contributed by atoms with Crippen LogP contribution in [-0.4, -0.2) is 50.1 Å². The molecule has 1 fully saturated rings. The zero-order valence-corrected chi connectivity index (χ0v) is 20.7. The number of fused-ring (bicyclic) bond motifs is 2. The number of rotatable bonds is 6. The summed E-state index contributed by atoms with van der Waals surface area (Å²) in [6, 6.07) is 18.1. The zero-order valence-electron chi connectivity index (χ0n) is 19.9. The molecule has 1 saturated heterocycles. The predicted octanol–water partition coefficient (Wildman–Crippen LogP) is 5.84. The maximum Gasteiger partial charge on any atom is 0.222 e. The Balaban J connectivity index is 1.23. The van der Waals surface area contributed by atoms with Crippen molar-refractivity contribution in [1.29, 1.82) is 0 Å². The van der Waals surface area contributed by atoms with E-state index in [-0.39, 0.29) is 11.9 Å². The summed E-state index contributed by atoms with van der Waals surface area (Å²) in [6.45, 7) is 3.39. The molecule has 0 saturated carbocycles. The SMILES string of the molecule is CCC(=O)N1CCC[C@@H](Nc2n[nH]c3nccc(Oc4ccc(-c5nc6ccccc6s5)cc4)c23)C1. The molecule has 182 valence electrons. The molecule has 0 radical (unpaired) electrons. The van der Waals surface area contributed by atoms with Crippen molar-refractivity contribution in [3.63, 3.8) is 0 Å². The topological polar surface area (TPSA) is 96.0 Å². The fraction of sp³-hybridized carbons (Fsp3) is 0.259. The Kier molecular flexibility index (Phi) is 5.98. The van der Waals surface area contributed by atoms with E-state index >= 15 is 0 Å². The number of para-hydroxylation sites is 1. The van der Waals surface area contributed by atoms with Crippen molar-refractivity contribution in [3.8, 4) is 22.1 Å². The van der Waals surface area contributed by atoms with E-state index in [1.54, 1.807) is 17.5 Å². The van der Waals surface area contributed by atoms with E-state index in [2.05, 4.69) is 26.6 Å². The molecule has 8 nitrogen and oxygen atoms in total. The summed E-state index contributed by atoms with van der Waals surface area (Å²) in [4.78, 5) is 23.3. The number of nitrogens with one attached hydrogen (secondary N) is 2. The molecule has 1 aliphatic heterocycles. The third-order valence-electron chi connectivity index (χ3n) is 6.46. The van der Waals surface area contributed by atoms with Crippen molar-refractivity contribution in [2.45, 2.75) is 32.2 Å². The average Bonchev–Trinajstić information content (AvgIpc) is 3.54. The third-order valence-corrected chi connectivity index (χ3v) is 7.55. The van der Waals surface area contributed by atoms with E-state index in [0.717, 1.165) is 46.6 Å². The van der Waals surface area contributed by atoms with Crippen molar-refractivity contribution in [1.82, 2.24) is 25.1 Å². The summed E-state index contributed by atoms with van der Waals surface area (Å²) in [6.07, 6.45) is 4.18. The van der Waals surface area contributed by atoms with Gasteiger partial charge in [-0.2, -0.15) is 5.10 Å². The predicted molar refractivity (Wildman–Crippen MR) is 143 cm³/mol. The highest BCUT2D eigenvalue weighted by Gasteiger charge is 2.24. The number of pyridine rings is 1. The van der Waals surface area contributed by atoms with Crippen molar-refractivity contribution < 1.29 is 9.53 Å². The number of carbonyl (C=O) groups is 1. The molecule has 0 aliphatic carbocycles. The first-order chi connectivity index (χ1) is 17.7. The molecule has 2 N–H and O–H groups in total. The highest BCUT2D eigenvalue weighted by molar-refractivity contribution is 7.21. The summed E-state index contributed by atoms with van der Waals surface area (Å²) < 4.78 is 7.46. The minimum absolute atomic E-state index is 0.127. The maximum atomic E-state index is 12.2. The number of hydrogen-bond donors (Lipinski definition) is 2. The van der Waals surface area contributed by atoms with Crippen LogP contribution < -0.4 is 10.1 Å². The van der Waals surface area contributed by atoms with Crippen LogP contribution in [0.5, 0.6) is 11.5 Å². The lowest BCUT2D eigenvalue weighted by Gasteiger charge is -2.33. The Morgan fingerprint density at radius 1 is 1.19 bits per heavy atom. The molecule has 1 atom stereocenters. The van der Waals surface area contributed by atoms with E-state index in [1.807, 2.05) is 60.4 Å². The minimum atomic E-state index is 0.127. The number of hydrogen-bond acceptors (Lipinski definition) is 7. The molecular formula is C27H26N6O2S. The fourth-order valence-electron chi connectivity index (χ4n) is 4.64. The molecule has 36 heavy (non-hydrogen) atoms. The number of thiazole rings is 1. The largest absolute Gasteiger partial charge is 0.456 e. The quantitative estimate of drug-likeness (QED) is 0.305. The molecule has 0 spiro atoms.